The number of rotatable bonds is 6. The highest BCUT2D eigenvalue weighted by molar-refractivity contribution is 5.80. The van der Waals surface area contributed by atoms with Crippen molar-refractivity contribution < 1.29 is 0 Å². The fourth-order valence-corrected chi connectivity index (χ4v) is 3.59. The van der Waals surface area contributed by atoms with Gasteiger partial charge in [0.25, 0.3) is 0 Å². The average Bonchev–Trinajstić information content (AvgIpc) is 2.59. The highest BCUT2D eigenvalue weighted by Crippen LogP contribution is 2.21. The number of hydrogen-bond donors (Lipinski definition) is 2. The van der Waals surface area contributed by atoms with E-state index in [9.17, 15) is 0 Å². The van der Waals surface area contributed by atoms with Crippen molar-refractivity contribution in [3.05, 3.63) is 6.92 Å². The van der Waals surface area contributed by atoms with Crippen molar-refractivity contribution in [3.63, 3.8) is 0 Å². The van der Waals surface area contributed by atoms with Crippen molar-refractivity contribution in [1.29, 1.82) is 0 Å². The van der Waals surface area contributed by atoms with E-state index >= 15 is 0 Å². The van der Waals surface area contributed by atoms with Gasteiger partial charge in [-0.15, -0.1) is 0 Å². The molecular formula is C21H39N4. The van der Waals surface area contributed by atoms with Crippen LogP contribution in [0.4, 0.5) is 0 Å². The van der Waals surface area contributed by atoms with E-state index in [0.717, 1.165) is 12.5 Å². The fraction of sp³-hybridized carbons (Fsp3) is 0.857. The Kier molecular flexibility index (Phi) is 8.25. The topological polar surface area (TPSA) is 48.8 Å². The van der Waals surface area contributed by atoms with Gasteiger partial charge in [-0.1, -0.05) is 52.4 Å². The van der Waals surface area contributed by atoms with E-state index < -0.39 is 0 Å². The zero-order chi connectivity index (χ0) is 18.1. The number of hydrogen-bond acceptors (Lipinski definition) is 2. The minimum absolute atomic E-state index is 0.104. The van der Waals surface area contributed by atoms with Gasteiger partial charge in [0.05, 0.1) is 12.1 Å². The van der Waals surface area contributed by atoms with Crippen molar-refractivity contribution in [1.82, 2.24) is 10.6 Å². The molecule has 0 aromatic rings. The van der Waals surface area contributed by atoms with Gasteiger partial charge < -0.3 is 10.6 Å². The Morgan fingerprint density at radius 2 is 1.68 bits per heavy atom. The summed E-state index contributed by atoms with van der Waals surface area (Å²) in [5.74, 6) is 1.01. The second-order valence-corrected chi connectivity index (χ2v) is 8.75. The molecule has 143 valence electrons. The summed E-state index contributed by atoms with van der Waals surface area (Å²) in [6.07, 6.45) is 15.1. The lowest BCUT2D eigenvalue weighted by Crippen LogP contribution is -2.46. The van der Waals surface area contributed by atoms with E-state index in [-0.39, 0.29) is 11.5 Å². The molecule has 1 radical (unpaired) electrons. The molecule has 0 aromatic heterocycles. The number of nitrogens with one attached hydrogen (secondary N) is 2. The van der Waals surface area contributed by atoms with Crippen LogP contribution < -0.4 is 10.6 Å². The first kappa shape index (κ1) is 20.3. The van der Waals surface area contributed by atoms with Gasteiger partial charge in [-0.25, -0.2) is 4.99 Å². The molecule has 0 spiro atoms. The summed E-state index contributed by atoms with van der Waals surface area (Å²) in [4.78, 5) is 9.67. The van der Waals surface area contributed by atoms with Gasteiger partial charge in [-0.3, -0.25) is 4.99 Å². The summed E-state index contributed by atoms with van der Waals surface area (Å²) < 4.78 is 0. The third-order valence-electron chi connectivity index (χ3n) is 5.08. The van der Waals surface area contributed by atoms with Crippen LogP contribution in [0.15, 0.2) is 9.98 Å². The second kappa shape index (κ2) is 10.2. The number of nitrogens with zero attached hydrogens (tertiary/aromatic N) is 2. The van der Waals surface area contributed by atoms with Crippen LogP contribution in [0.1, 0.15) is 85.0 Å². The number of guanidine groups is 1. The standard InChI is InChI=1S/C21H39N4/c1-17(23-16-21(2,3)4)15-22-20(24-18-11-7-5-8-12-18)25-19-13-9-6-10-14-19/h16-19H,2,5-15H2,1,3-4H3,(H2,22,24,25). The molecule has 2 fully saturated rings. The lowest BCUT2D eigenvalue weighted by Gasteiger charge is -2.27. The molecule has 0 aromatic carbocycles. The van der Waals surface area contributed by atoms with Crippen LogP contribution in [-0.4, -0.2) is 36.8 Å². The maximum absolute atomic E-state index is 5.04. The first-order valence-electron chi connectivity index (χ1n) is 10.4. The molecule has 0 aliphatic heterocycles. The van der Waals surface area contributed by atoms with Gasteiger partial charge in [-0.2, -0.15) is 0 Å². The summed E-state index contributed by atoms with van der Waals surface area (Å²) in [7, 11) is 0. The summed E-state index contributed by atoms with van der Waals surface area (Å²) in [6.45, 7) is 11.2. The van der Waals surface area contributed by atoms with Crippen molar-refractivity contribution in [2.45, 2.75) is 103 Å². The third kappa shape index (κ3) is 8.73. The van der Waals surface area contributed by atoms with Crippen molar-refractivity contribution in [2.24, 2.45) is 15.4 Å². The largest absolute Gasteiger partial charge is 0.354 e. The zero-order valence-corrected chi connectivity index (χ0v) is 16.7. The SMILES string of the molecule is [CH2]C(C)(C)C=NC(C)CNC(=NC1CCCCC1)NC1CCCCC1. The van der Waals surface area contributed by atoms with Crippen molar-refractivity contribution in [2.75, 3.05) is 6.54 Å². The van der Waals surface area contributed by atoms with Gasteiger partial charge in [0, 0.05) is 18.8 Å². The maximum atomic E-state index is 5.04. The Labute approximate surface area is 155 Å². The van der Waals surface area contributed by atoms with Crippen LogP contribution in [0, 0.1) is 12.3 Å². The summed E-state index contributed by atoms with van der Waals surface area (Å²) in [5, 5.41) is 7.26. The Morgan fingerprint density at radius 3 is 2.28 bits per heavy atom. The first-order chi connectivity index (χ1) is 11.9. The Balaban J connectivity index is 1.90. The van der Waals surface area contributed by atoms with E-state index in [2.05, 4.69) is 43.3 Å². The van der Waals surface area contributed by atoms with E-state index in [1.54, 1.807) is 0 Å². The minimum Gasteiger partial charge on any atom is -0.354 e. The Hall–Kier alpha value is -1.06. The average molecular weight is 348 g/mol. The highest BCUT2D eigenvalue weighted by Gasteiger charge is 2.18. The molecule has 2 N–H and O–H groups in total. The zero-order valence-electron chi connectivity index (χ0n) is 16.7. The first-order valence-corrected chi connectivity index (χ1v) is 10.4. The van der Waals surface area contributed by atoms with Crippen LogP contribution in [0.2, 0.25) is 0 Å². The highest BCUT2D eigenvalue weighted by atomic mass is 15.2. The molecule has 1 unspecified atom stereocenters. The summed E-state index contributed by atoms with van der Waals surface area (Å²) in [6, 6.07) is 1.30. The molecule has 0 heterocycles. The normalized spacial score (nSPS) is 23.0. The summed E-state index contributed by atoms with van der Waals surface area (Å²) >= 11 is 0. The molecule has 2 aliphatic carbocycles. The van der Waals surface area contributed by atoms with Crippen LogP contribution in [-0.2, 0) is 0 Å². The van der Waals surface area contributed by atoms with Crippen LogP contribution in [0.3, 0.4) is 0 Å². The van der Waals surface area contributed by atoms with E-state index in [4.69, 9.17) is 4.99 Å². The molecule has 25 heavy (non-hydrogen) atoms. The van der Waals surface area contributed by atoms with E-state index in [1.807, 2.05) is 6.21 Å². The lowest BCUT2D eigenvalue weighted by atomic mass is 9.95. The summed E-state index contributed by atoms with van der Waals surface area (Å²) in [5.41, 5.74) is -0.104. The van der Waals surface area contributed by atoms with Crippen LogP contribution >= 0.6 is 0 Å². The molecule has 2 rings (SSSR count). The Morgan fingerprint density at radius 1 is 1.08 bits per heavy atom. The van der Waals surface area contributed by atoms with E-state index in [1.165, 1.54) is 64.2 Å². The quantitative estimate of drug-likeness (QED) is 0.549. The smallest absolute Gasteiger partial charge is 0.191 e. The molecule has 2 aliphatic rings. The van der Waals surface area contributed by atoms with E-state index in [0.29, 0.717) is 12.1 Å². The van der Waals surface area contributed by atoms with Crippen LogP contribution in [0.5, 0.6) is 0 Å². The molecule has 4 nitrogen and oxygen atoms in total. The predicted octanol–water partition coefficient (Wildman–Crippen LogP) is 4.51. The van der Waals surface area contributed by atoms with Gasteiger partial charge in [0.15, 0.2) is 5.96 Å². The van der Waals surface area contributed by atoms with Crippen molar-refractivity contribution in [3.8, 4) is 0 Å². The molecule has 0 bridgehead atoms. The molecule has 1 atom stereocenters. The molecule has 2 saturated carbocycles. The van der Waals surface area contributed by atoms with Gasteiger partial charge in [-0.05, 0) is 44.9 Å². The van der Waals surface area contributed by atoms with Gasteiger partial charge in [0.1, 0.15) is 0 Å². The molecule has 4 heteroatoms. The van der Waals surface area contributed by atoms with Crippen molar-refractivity contribution >= 4 is 12.2 Å². The molecule has 0 amide bonds. The van der Waals surface area contributed by atoms with Crippen LogP contribution in [0.25, 0.3) is 0 Å². The van der Waals surface area contributed by atoms with Gasteiger partial charge in [0.2, 0.25) is 0 Å². The second-order valence-electron chi connectivity index (χ2n) is 8.75. The molecule has 0 saturated heterocycles. The maximum Gasteiger partial charge on any atom is 0.191 e. The monoisotopic (exact) mass is 347 g/mol. The minimum atomic E-state index is -0.104. The van der Waals surface area contributed by atoms with Gasteiger partial charge >= 0.3 is 0 Å². The number of aliphatic imine (C=N–C) groups is 2. The fourth-order valence-electron chi connectivity index (χ4n) is 3.59. The predicted molar refractivity (Wildman–Crippen MR) is 109 cm³/mol. The molecular weight excluding hydrogens is 308 g/mol. The third-order valence-corrected chi connectivity index (χ3v) is 5.08. The Bertz CT molecular complexity index is 424. The lowest BCUT2D eigenvalue weighted by molar-refractivity contribution is 0.404.